The van der Waals surface area contributed by atoms with Crippen molar-refractivity contribution in [1.82, 2.24) is 0 Å². The molecule has 0 aliphatic rings. The lowest BCUT2D eigenvalue weighted by Gasteiger charge is -2.21. The van der Waals surface area contributed by atoms with Crippen LogP contribution in [0.1, 0.15) is 6.92 Å². The van der Waals surface area contributed by atoms with Crippen LogP contribution in [0.4, 0.5) is 17.6 Å². The zero-order valence-electron chi connectivity index (χ0n) is 6.50. The second-order valence-electron chi connectivity index (χ2n) is 2.10. The van der Waals surface area contributed by atoms with E-state index in [1.54, 1.807) is 0 Å². The number of ether oxygens (including phenoxy) is 1. The van der Waals surface area contributed by atoms with Gasteiger partial charge in [-0.25, -0.2) is 0 Å². The lowest BCUT2D eigenvalue weighted by molar-refractivity contribution is -0.301. The predicted octanol–water partition coefficient (Wildman–Crippen LogP) is 0.623. The van der Waals surface area contributed by atoms with Crippen molar-refractivity contribution in [2.75, 3.05) is 0 Å². The van der Waals surface area contributed by atoms with Gasteiger partial charge < -0.3 is 4.74 Å². The maximum Gasteiger partial charge on any atom is 0.485 e. The maximum absolute atomic E-state index is 12.2. The van der Waals surface area contributed by atoms with E-state index in [0.717, 1.165) is 0 Å². The van der Waals surface area contributed by atoms with E-state index in [0.29, 0.717) is 6.92 Å². The third-order valence-corrected chi connectivity index (χ3v) is 1.82. The fourth-order valence-electron chi connectivity index (χ4n) is 0.390. The van der Waals surface area contributed by atoms with Gasteiger partial charge in [-0.3, -0.25) is 9.35 Å². The molecule has 0 amide bonds. The number of rotatable bonds is 3. The summed E-state index contributed by atoms with van der Waals surface area (Å²) < 4.78 is 79.0. The first-order valence-electron chi connectivity index (χ1n) is 2.84. The highest BCUT2D eigenvalue weighted by molar-refractivity contribution is 7.86. The Morgan fingerprint density at radius 3 is 1.86 bits per heavy atom. The summed E-state index contributed by atoms with van der Waals surface area (Å²) in [4.78, 5) is 9.92. The number of alkyl halides is 4. The maximum atomic E-state index is 12.2. The minimum Gasteiger partial charge on any atom is -0.395 e. The highest BCUT2D eigenvalue weighted by atomic mass is 32.2. The molecule has 0 unspecified atom stereocenters. The number of carbonyl (C=O) groups excluding carboxylic acids is 1. The predicted molar refractivity (Wildman–Crippen MR) is 33.2 cm³/mol. The van der Waals surface area contributed by atoms with Gasteiger partial charge in [-0.05, 0) is 0 Å². The third-order valence-electron chi connectivity index (χ3n) is 0.935. The molecule has 0 saturated carbocycles. The molecule has 1 N–H and O–H groups in total. The molecule has 5 nitrogen and oxygen atoms in total. The van der Waals surface area contributed by atoms with Gasteiger partial charge in [-0.15, -0.1) is 0 Å². The highest BCUT2D eigenvalue weighted by Crippen LogP contribution is 2.39. The molecule has 0 rings (SSSR count). The van der Waals surface area contributed by atoms with Crippen LogP contribution in [-0.4, -0.2) is 30.3 Å². The van der Waals surface area contributed by atoms with E-state index in [9.17, 15) is 30.8 Å². The Labute approximate surface area is 75.4 Å². The van der Waals surface area contributed by atoms with Gasteiger partial charge in [0.2, 0.25) is 0 Å². The minimum absolute atomic E-state index is 0.369. The molecule has 10 heteroatoms. The molecule has 0 aromatic heterocycles. The van der Waals surface area contributed by atoms with Crippen LogP contribution in [-0.2, 0) is 19.6 Å². The number of hydrogen-bond acceptors (Lipinski definition) is 4. The quantitative estimate of drug-likeness (QED) is 0.444. The van der Waals surface area contributed by atoms with Gasteiger partial charge in [0.15, 0.2) is 0 Å². The minimum atomic E-state index is -6.37. The van der Waals surface area contributed by atoms with Crippen LogP contribution in [0.3, 0.4) is 0 Å². The van der Waals surface area contributed by atoms with Gasteiger partial charge in [-0.2, -0.15) is 26.0 Å². The van der Waals surface area contributed by atoms with Crippen molar-refractivity contribution in [2.45, 2.75) is 18.3 Å². The number of halogens is 4. The topological polar surface area (TPSA) is 80.7 Å². The molecule has 0 fully saturated rings. The first-order chi connectivity index (χ1) is 5.92. The molecule has 0 aromatic rings. The SMILES string of the molecule is CC(=O)OC(F)(F)C(F)(F)S(=O)(=O)O. The Morgan fingerprint density at radius 1 is 1.29 bits per heavy atom. The Balaban J connectivity index is 5.18. The molecule has 84 valence electrons. The molecular weight excluding hydrogens is 236 g/mol. The lowest BCUT2D eigenvalue weighted by atomic mass is 10.6. The average Bonchev–Trinajstić information content (AvgIpc) is 1.80. The van der Waals surface area contributed by atoms with E-state index < -0.39 is 27.5 Å². The van der Waals surface area contributed by atoms with Gasteiger partial charge in [0.1, 0.15) is 0 Å². The molecule has 0 aliphatic carbocycles. The van der Waals surface area contributed by atoms with E-state index in [4.69, 9.17) is 4.55 Å². The van der Waals surface area contributed by atoms with Gasteiger partial charge in [0.05, 0.1) is 0 Å². The zero-order valence-corrected chi connectivity index (χ0v) is 7.32. The standard InChI is InChI=1S/C4H4F4O5S/c1-2(9)13-3(5,6)4(7,8)14(10,11)12/h1H3,(H,10,11,12). The van der Waals surface area contributed by atoms with E-state index >= 15 is 0 Å². The van der Waals surface area contributed by atoms with Crippen molar-refractivity contribution < 1.29 is 40.1 Å². The Kier molecular flexibility index (Phi) is 3.13. The van der Waals surface area contributed by atoms with Crippen molar-refractivity contribution in [3.63, 3.8) is 0 Å². The Bertz CT molecular complexity index is 334. The van der Waals surface area contributed by atoms with E-state index in [1.165, 1.54) is 0 Å². The van der Waals surface area contributed by atoms with Crippen LogP contribution in [0.25, 0.3) is 0 Å². The van der Waals surface area contributed by atoms with Crippen molar-refractivity contribution >= 4 is 16.1 Å². The van der Waals surface area contributed by atoms with Crippen LogP contribution in [0, 0.1) is 0 Å². The first kappa shape index (κ1) is 13.1. The summed E-state index contributed by atoms with van der Waals surface area (Å²) in [7, 11) is -6.37. The van der Waals surface area contributed by atoms with Gasteiger partial charge in [-0.1, -0.05) is 0 Å². The summed E-state index contributed by atoms with van der Waals surface area (Å²) in [6, 6.07) is 0. The van der Waals surface area contributed by atoms with Crippen LogP contribution >= 0.6 is 0 Å². The average molecular weight is 240 g/mol. The van der Waals surface area contributed by atoms with Gasteiger partial charge >= 0.3 is 27.5 Å². The summed E-state index contributed by atoms with van der Waals surface area (Å²) in [6.45, 7) is 0.369. The molecule has 0 aromatic carbocycles. The lowest BCUT2D eigenvalue weighted by Crippen LogP contribution is -2.49. The third kappa shape index (κ3) is 2.32. The van der Waals surface area contributed by atoms with Gasteiger partial charge in [0.25, 0.3) is 0 Å². The fourth-order valence-corrected chi connectivity index (χ4v) is 0.732. The smallest absolute Gasteiger partial charge is 0.395 e. The van der Waals surface area contributed by atoms with E-state index in [2.05, 4.69) is 4.74 Å². The van der Waals surface area contributed by atoms with Gasteiger partial charge in [0, 0.05) is 6.92 Å². The summed E-state index contributed by atoms with van der Waals surface area (Å²) in [5, 5.41) is -5.88. The Hall–Kier alpha value is -0.900. The second kappa shape index (κ2) is 3.35. The van der Waals surface area contributed by atoms with Crippen LogP contribution in [0.2, 0.25) is 0 Å². The van der Waals surface area contributed by atoms with Crippen LogP contribution in [0.15, 0.2) is 0 Å². The number of carbonyl (C=O) groups is 1. The van der Waals surface area contributed by atoms with E-state index in [1.807, 2.05) is 0 Å². The molecule has 0 spiro atoms. The number of hydrogen-bond donors (Lipinski definition) is 1. The summed E-state index contributed by atoms with van der Waals surface area (Å²) in [6.07, 6.45) is -5.62. The zero-order chi connectivity index (χ0) is 11.8. The largest absolute Gasteiger partial charge is 0.485 e. The summed E-state index contributed by atoms with van der Waals surface area (Å²) in [5.74, 6) is -1.82. The molecule has 0 heterocycles. The molecule has 0 saturated heterocycles. The van der Waals surface area contributed by atoms with E-state index in [-0.39, 0.29) is 0 Å². The summed E-state index contributed by atoms with van der Waals surface area (Å²) >= 11 is 0. The van der Waals surface area contributed by atoms with Crippen LogP contribution in [0.5, 0.6) is 0 Å². The monoisotopic (exact) mass is 240 g/mol. The van der Waals surface area contributed by atoms with Crippen molar-refractivity contribution in [3.05, 3.63) is 0 Å². The number of esters is 1. The highest BCUT2D eigenvalue weighted by Gasteiger charge is 2.69. The van der Waals surface area contributed by atoms with Crippen molar-refractivity contribution in [3.8, 4) is 0 Å². The second-order valence-corrected chi connectivity index (χ2v) is 3.57. The van der Waals surface area contributed by atoms with Crippen LogP contribution < -0.4 is 0 Å². The molecule has 14 heavy (non-hydrogen) atoms. The fraction of sp³-hybridized carbons (Fsp3) is 0.750. The molecule has 0 atom stereocenters. The molecule has 0 bridgehead atoms. The first-order valence-corrected chi connectivity index (χ1v) is 4.28. The molecular formula is C4H4F4O5S. The Morgan fingerprint density at radius 2 is 1.64 bits per heavy atom. The summed E-state index contributed by atoms with van der Waals surface area (Å²) in [5.41, 5.74) is 0. The molecule has 0 aliphatic heterocycles. The molecule has 0 radical (unpaired) electrons. The normalized spacial score (nSPS) is 13.9. The van der Waals surface area contributed by atoms with Crippen molar-refractivity contribution in [1.29, 1.82) is 0 Å². The van der Waals surface area contributed by atoms with Crippen molar-refractivity contribution in [2.24, 2.45) is 0 Å².